The van der Waals surface area contributed by atoms with E-state index in [1.54, 1.807) is 0 Å². The van der Waals surface area contributed by atoms with Gasteiger partial charge in [0.1, 0.15) is 0 Å². The first-order chi connectivity index (χ1) is 20.8. The van der Waals surface area contributed by atoms with Crippen molar-refractivity contribution >= 4 is 21.7 Å². The number of nitrogens with zero attached hydrogens (tertiary/aromatic N) is 2. The summed E-state index contributed by atoms with van der Waals surface area (Å²) in [5, 5.41) is 13.8. The molecule has 0 N–H and O–H groups in total. The van der Waals surface area contributed by atoms with Crippen molar-refractivity contribution in [2.24, 2.45) is 0 Å². The van der Waals surface area contributed by atoms with E-state index in [0.29, 0.717) is 0 Å². The number of benzene rings is 4. The van der Waals surface area contributed by atoms with Gasteiger partial charge in [-0.1, -0.05) is 108 Å². The molecule has 0 saturated carbocycles. The van der Waals surface area contributed by atoms with Gasteiger partial charge < -0.3 is 0 Å². The Bertz CT molecular complexity index is 1900. The fraction of sp³-hybridized carbons (Fsp3) is 0.366. The SMILES string of the molecule is CCCCc1ccc(C2(c3ccccc3)CC(C)(C)c3c[n+]4c5c(ccc6c(C#N)ccc(c65)CC4(CC)CC)c32)cc1. The Morgan fingerprint density at radius 3 is 2.19 bits per heavy atom. The van der Waals surface area contributed by atoms with Crippen molar-refractivity contribution in [3.63, 3.8) is 0 Å². The molecule has 0 radical (unpaired) electrons. The van der Waals surface area contributed by atoms with Crippen molar-refractivity contribution in [2.75, 3.05) is 0 Å². The number of pyridine rings is 1. The first-order valence-corrected chi connectivity index (χ1v) is 16.4. The molecule has 43 heavy (non-hydrogen) atoms. The number of fused-ring (bicyclic) bond motifs is 2. The lowest BCUT2D eigenvalue weighted by Crippen LogP contribution is -2.59. The minimum absolute atomic E-state index is 0.0116. The lowest BCUT2D eigenvalue weighted by molar-refractivity contribution is -0.744. The molecular formula is C41H43N2+. The molecule has 1 unspecified atom stereocenters. The van der Waals surface area contributed by atoms with Gasteiger partial charge in [-0.25, -0.2) is 0 Å². The van der Waals surface area contributed by atoms with Gasteiger partial charge in [0.2, 0.25) is 5.52 Å². The van der Waals surface area contributed by atoms with Crippen LogP contribution in [0.2, 0.25) is 0 Å². The predicted octanol–water partition coefficient (Wildman–Crippen LogP) is 9.58. The summed E-state index contributed by atoms with van der Waals surface area (Å²) in [4.78, 5) is 0. The third-order valence-corrected chi connectivity index (χ3v) is 11.1. The van der Waals surface area contributed by atoms with Crippen LogP contribution in [0.15, 0.2) is 85.1 Å². The zero-order valence-corrected chi connectivity index (χ0v) is 26.4. The van der Waals surface area contributed by atoms with Crippen molar-refractivity contribution < 1.29 is 4.57 Å². The fourth-order valence-corrected chi connectivity index (χ4v) is 8.79. The Labute approximate surface area is 257 Å². The van der Waals surface area contributed by atoms with Gasteiger partial charge >= 0.3 is 0 Å². The molecule has 2 nitrogen and oxygen atoms in total. The van der Waals surface area contributed by atoms with Gasteiger partial charge in [0.15, 0.2) is 11.7 Å². The Hall–Kier alpha value is -3.96. The van der Waals surface area contributed by atoms with E-state index in [1.165, 1.54) is 62.5 Å². The van der Waals surface area contributed by atoms with Crippen LogP contribution in [0.5, 0.6) is 0 Å². The first-order valence-electron chi connectivity index (χ1n) is 16.4. The highest BCUT2D eigenvalue weighted by molar-refractivity contribution is 6.09. The Balaban J connectivity index is 1.64. The second-order valence-electron chi connectivity index (χ2n) is 13.8. The van der Waals surface area contributed by atoms with E-state index in [2.05, 4.69) is 124 Å². The van der Waals surface area contributed by atoms with Gasteiger partial charge in [-0.3, -0.25) is 0 Å². The molecule has 2 aliphatic rings. The van der Waals surface area contributed by atoms with Crippen molar-refractivity contribution in [1.29, 1.82) is 5.26 Å². The molecule has 7 rings (SSSR count). The molecule has 216 valence electrons. The summed E-state index contributed by atoms with van der Waals surface area (Å²) in [6, 6.07) is 32.2. The van der Waals surface area contributed by atoms with Gasteiger partial charge in [-0.15, -0.1) is 0 Å². The predicted molar refractivity (Wildman–Crippen MR) is 178 cm³/mol. The average molecular weight is 564 g/mol. The van der Waals surface area contributed by atoms with Crippen molar-refractivity contribution in [3.05, 3.63) is 124 Å². The molecule has 2 heteroatoms. The van der Waals surface area contributed by atoms with E-state index in [4.69, 9.17) is 0 Å². The van der Waals surface area contributed by atoms with E-state index in [1.807, 2.05) is 6.07 Å². The minimum Gasteiger partial charge on any atom is -0.192 e. The summed E-state index contributed by atoms with van der Waals surface area (Å²) in [5.41, 5.74) is 10.3. The van der Waals surface area contributed by atoms with Crippen LogP contribution < -0.4 is 4.57 Å². The Morgan fingerprint density at radius 1 is 0.814 bits per heavy atom. The highest BCUT2D eigenvalue weighted by atomic mass is 15.1. The molecule has 0 bridgehead atoms. The van der Waals surface area contributed by atoms with E-state index < -0.39 is 0 Å². The third kappa shape index (κ3) is 3.87. The monoisotopic (exact) mass is 563 g/mol. The van der Waals surface area contributed by atoms with E-state index >= 15 is 0 Å². The van der Waals surface area contributed by atoms with Crippen LogP contribution in [0.25, 0.3) is 21.7 Å². The van der Waals surface area contributed by atoms with Gasteiger partial charge in [0.25, 0.3) is 0 Å². The number of rotatable bonds is 7. The van der Waals surface area contributed by atoms with Gasteiger partial charge in [0.05, 0.1) is 22.4 Å². The second-order valence-corrected chi connectivity index (χ2v) is 13.8. The molecule has 5 aromatic rings. The molecule has 1 aliphatic carbocycles. The van der Waals surface area contributed by atoms with Crippen LogP contribution in [0.3, 0.4) is 0 Å². The lowest BCUT2D eigenvalue weighted by Gasteiger charge is -2.36. The van der Waals surface area contributed by atoms with Crippen molar-refractivity contribution in [3.8, 4) is 6.07 Å². The second kappa shape index (κ2) is 10.1. The summed E-state index contributed by atoms with van der Waals surface area (Å²) in [7, 11) is 0. The van der Waals surface area contributed by atoms with Crippen LogP contribution in [-0.2, 0) is 29.2 Å². The Kier molecular flexibility index (Phi) is 6.51. The highest BCUT2D eigenvalue weighted by Gasteiger charge is 2.54. The number of aromatic nitrogens is 1. The number of aryl methyl sites for hydroxylation is 1. The Morgan fingerprint density at radius 2 is 1.51 bits per heavy atom. The zero-order valence-electron chi connectivity index (χ0n) is 26.4. The standard InChI is InChI=1S/C41H43N2/c1-6-9-13-28-16-20-32(21-17-28)41(31-14-11-10-12-15-31)27-39(4,5)35-26-43-38-34(37(35)41)23-22-33-30(25-42)19-18-29(36(33)38)24-40(43,7-2)8-3/h10-12,14-23,26H,6-9,13,24,27H2,1-5H3/q+1. The zero-order chi connectivity index (χ0) is 30.0. The van der Waals surface area contributed by atoms with Crippen molar-refractivity contribution in [1.82, 2.24) is 0 Å². The topological polar surface area (TPSA) is 27.7 Å². The lowest BCUT2D eigenvalue weighted by atomic mass is 9.67. The summed E-state index contributed by atoms with van der Waals surface area (Å²) < 4.78 is 2.66. The van der Waals surface area contributed by atoms with E-state index in [9.17, 15) is 5.26 Å². The van der Waals surface area contributed by atoms with Crippen LogP contribution in [0, 0.1) is 11.3 Å². The molecule has 0 fully saturated rings. The summed E-state index contributed by atoms with van der Waals surface area (Å²) in [5.74, 6) is 0. The molecule has 0 amide bonds. The van der Waals surface area contributed by atoms with Crippen LogP contribution in [0.4, 0.5) is 0 Å². The summed E-state index contributed by atoms with van der Waals surface area (Å²) in [6.45, 7) is 11.9. The molecular weight excluding hydrogens is 520 g/mol. The smallest absolute Gasteiger partial charge is 0.192 e. The normalized spacial score (nSPS) is 19.5. The van der Waals surface area contributed by atoms with Gasteiger partial charge in [-0.05, 0) is 64.6 Å². The van der Waals surface area contributed by atoms with Gasteiger partial charge in [-0.2, -0.15) is 9.83 Å². The van der Waals surface area contributed by atoms with Crippen LogP contribution in [0.1, 0.15) is 106 Å². The molecule has 2 heterocycles. The van der Waals surface area contributed by atoms with Gasteiger partial charge in [0, 0.05) is 35.6 Å². The summed E-state index contributed by atoms with van der Waals surface area (Å²) in [6.07, 6.45) is 10.3. The fourth-order valence-electron chi connectivity index (χ4n) is 8.79. The summed E-state index contributed by atoms with van der Waals surface area (Å²) >= 11 is 0. The number of nitriles is 1. The molecule has 1 aromatic heterocycles. The maximum atomic E-state index is 10.1. The molecule has 1 atom stereocenters. The molecule has 0 saturated heterocycles. The highest BCUT2D eigenvalue weighted by Crippen LogP contribution is 2.58. The molecule has 0 spiro atoms. The molecule has 1 aliphatic heterocycles. The number of hydrogen-bond donors (Lipinski definition) is 0. The van der Waals surface area contributed by atoms with Crippen LogP contribution in [-0.4, -0.2) is 0 Å². The van der Waals surface area contributed by atoms with Crippen molar-refractivity contribution in [2.45, 2.75) is 95.9 Å². The first kappa shape index (κ1) is 27.8. The van der Waals surface area contributed by atoms with E-state index in [-0.39, 0.29) is 16.4 Å². The minimum atomic E-state index is -0.276. The van der Waals surface area contributed by atoms with Crippen LogP contribution >= 0.6 is 0 Å². The maximum Gasteiger partial charge on any atom is 0.221 e. The van der Waals surface area contributed by atoms with E-state index in [0.717, 1.165) is 43.1 Å². The maximum absolute atomic E-state index is 10.1. The average Bonchev–Trinajstić information content (AvgIpc) is 3.30. The quantitative estimate of drug-likeness (QED) is 0.143. The number of unbranched alkanes of at least 4 members (excludes halogenated alkanes) is 1. The third-order valence-electron chi connectivity index (χ3n) is 11.1. The largest absolute Gasteiger partial charge is 0.221 e. The number of hydrogen-bond acceptors (Lipinski definition) is 1. The molecule has 4 aromatic carbocycles.